The molecule has 2 aromatic rings. The molecule has 0 saturated carbocycles. The van der Waals surface area contributed by atoms with Crippen LogP contribution in [0.5, 0.6) is 11.5 Å². The summed E-state index contributed by atoms with van der Waals surface area (Å²) < 4.78 is 11.0. The van der Waals surface area contributed by atoms with Gasteiger partial charge in [0.25, 0.3) is 0 Å². The molecular weight excluding hydrogens is 286 g/mol. The highest BCUT2D eigenvalue weighted by molar-refractivity contribution is 6.30. The van der Waals surface area contributed by atoms with Gasteiger partial charge in [0.1, 0.15) is 11.5 Å². The summed E-state index contributed by atoms with van der Waals surface area (Å²) in [6, 6.07) is 13.6. The Bertz CT molecular complexity index is 587. The third kappa shape index (κ3) is 5.05. The molecule has 0 radical (unpaired) electrons. The molecule has 2 rings (SSSR count). The first kappa shape index (κ1) is 15.8. The van der Waals surface area contributed by atoms with Crippen LogP contribution in [0.25, 0.3) is 0 Å². The van der Waals surface area contributed by atoms with E-state index in [0.29, 0.717) is 18.2 Å². The smallest absolute Gasteiger partial charge is 0.132 e. The van der Waals surface area contributed by atoms with E-state index in [1.807, 2.05) is 49.4 Å². The zero-order chi connectivity index (χ0) is 15.1. The second-order valence-electron chi connectivity index (χ2n) is 4.84. The molecule has 0 heterocycles. The van der Waals surface area contributed by atoms with E-state index < -0.39 is 0 Å². The van der Waals surface area contributed by atoms with Crippen LogP contribution in [0.1, 0.15) is 11.1 Å². The number of nitrogens with one attached hydrogen (secondary N) is 1. The van der Waals surface area contributed by atoms with Gasteiger partial charge >= 0.3 is 0 Å². The van der Waals surface area contributed by atoms with Crippen LogP contribution in [-0.2, 0) is 11.3 Å². The van der Waals surface area contributed by atoms with Crippen molar-refractivity contribution in [2.24, 2.45) is 0 Å². The Labute approximate surface area is 130 Å². The molecule has 0 amide bonds. The lowest BCUT2D eigenvalue weighted by molar-refractivity contribution is 0.199. The van der Waals surface area contributed by atoms with E-state index in [2.05, 4.69) is 5.32 Å². The lowest BCUT2D eigenvalue weighted by Gasteiger charge is -2.13. The second-order valence-corrected chi connectivity index (χ2v) is 5.28. The Balaban J connectivity index is 2.10. The monoisotopic (exact) mass is 305 g/mol. The third-order valence-electron chi connectivity index (χ3n) is 3.04. The first-order valence-electron chi connectivity index (χ1n) is 6.91. The van der Waals surface area contributed by atoms with Crippen molar-refractivity contribution in [1.82, 2.24) is 5.32 Å². The van der Waals surface area contributed by atoms with E-state index in [4.69, 9.17) is 21.1 Å². The summed E-state index contributed by atoms with van der Waals surface area (Å²) >= 11 is 6.08. The maximum Gasteiger partial charge on any atom is 0.132 e. The molecule has 0 spiro atoms. The standard InChI is InChI=1S/C17H20ClNO2/c1-13-4-3-5-16(10-13)21-17-7-6-15(18)11-14(17)12-19-8-9-20-2/h3-7,10-11,19H,8-9,12H2,1-2H3. The summed E-state index contributed by atoms with van der Waals surface area (Å²) in [5.41, 5.74) is 2.20. The van der Waals surface area contributed by atoms with Crippen molar-refractivity contribution in [3.05, 3.63) is 58.6 Å². The van der Waals surface area contributed by atoms with Gasteiger partial charge in [-0.2, -0.15) is 0 Å². The van der Waals surface area contributed by atoms with E-state index in [0.717, 1.165) is 23.6 Å². The van der Waals surface area contributed by atoms with Crippen LogP contribution in [-0.4, -0.2) is 20.3 Å². The molecule has 3 nitrogen and oxygen atoms in total. The lowest BCUT2D eigenvalue weighted by atomic mass is 10.2. The molecule has 0 unspecified atom stereocenters. The van der Waals surface area contributed by atoms with Crippen LogP contribution >= 0.6 is 11.6 Å². The molecule has 21 heavy (non-hydrogen) atoms. The number of rotatable bonds is 7. The number of hydrogen-bond acceptors (Lipinski definition) is 3. The van der Waals surface area contributed by atoms with Gasteiger partial charge in [-0.1, -0.05) is 23.7 Å². The van der Waals surface area contributed by atoms with Crippen molar-refractivity contribution in [1.29, 1.82) is 0 Å². The summed E-state index contributed by atoms with van der Waals surface area (Å²) in [6.45, 7) is 4.19. The fraction of sp³-hybridized carbons (Fsp3) is 0.294. The molecule has 0 aliphatic rings. The number of ether oxygens (including phenoxy) is 2. The third-order valence-corrected chi connectivity index (χ3v) is 3.27. The van der Waals surface area contributed by atoms with Gasteiger partial charge in [0, 0.05) is 30.8 Å². The number of aryl methyl sites for hydroxylation is 1. The van der Waals surface area contributed by atoms with Crippen molar-refractivity contribution in [2.45, 2.75) is 13.5 Å². The molecule has 0 atom stereocenters. The average molecular weight is 306 g/mol. The predicted octanol–water partition coefficient (Wildman–Crippen LogP) is 4.18. The van der Waals surface area contributed by atoms with Gasteiger partial charge in [-0.05, 0) is 42.8 Å². The summed E-state index contributed by atoms with van der Waals surface area (Å²) in [7, 11) is 1.69. The minimum atomic E-state index is 0.675. The normalized spacial score (nSPS) is 10.6. The topological polar surface area (TPSA) is 30.5 Å². The Morgan fingerprint density at radius 1 is 1.14 bits per heavy atom. The van der Waals surface area contributed by atoms with Crippen LogP contribution in [0, 0.1) is 6.92 Å². The van der Waals surface area contributed by atoms with Crippen LogP contribution in [0.15, 0.2) is 42.5 Å². The number of benzene rings is 2. The average Bonchev–Trinajstić information content (AvgIpc) is 2.46. The van der Waals surface area contributed by atoms with Crippen LogP contribution in [0.3, 0.4) is 0 Å². The SMILES string of the molecule is COCCNCc1cc(Cl)ccc1Oc1cccc(C)c1. The van der Waals surface area contributed by atoms with Crippen molar-refractivity contribution in [3.63, 3.8) is 0 Å². The number of methoxy groups -OCH3 is 1. The summed E-state index contributed by atoms with van der Waals surface area (Å²) in [5, 5.41) is 4.01. The minimum Gasteiger partial charge on any atom is -0.457 e. The van der Waals surface area contributed by atoms with Crippen LogP contribution in [0.2, 0.25) is 5.02 Å². The van der Waals surface area contributed by atoms with Crippen LogP contribution < -0.4 is 10.1 Å². The van der Waals surface area contributed by atoms with E-state index in [1.54, 1.807) is 7.11 Å². The van der Waals surface area contributed by atoms with E-state index in [9.17, 15) is 0 Å². The van der Waals surface area contributed by atoms with E-state index in [1.165, 1.54) is 5.56 Å². The second kappa shape index (κ2) is 8.03. The summed E-state index contributed by atoms with van der Waals surface area (Å²) in [4.78, 5) is 0. The predicted molar refractivity (Wildman–Crippen MR) is 86.3 cm³/mol. The fourth-order valence-corrected chi connectivity index (χ4v) is 2.18. The zero-order valence-corrected chi connectivity index (χ0v) is 13.1. The summed E-state index contributed by atoms with van der Waals surface area (Å²) in [6.07, 6.45) is 0. The molecular formula is C17H20ClNO2. The molecule has 4 heteroatoms. The maximum absolute atomic E-state index is 6.08. The molecule has 0 fully saturated rings. The van der Waals surface area contributed by atoms with Gasteiger partial charge in [-0.15, -0.1) is 0 Å². The van der Waals surface area contributed by atoms with Gasteiger partial charge in [-0.25, -0.2) is 0 Å². The summed E-state index contributed by atoms with van der Waals surface area (Å²) in [5.74, 6) is 1.64. The Morgan fingerprint density at radius 2 is 2.00 bits per heavy atom. The van der Waals surface area contributed by atoms with Gasteiger partial charge in [-0.3, -0.25) is 0 Å². The zero-order valence-electron chi connectivity index (χ0n) is 12.4. The van der Waals surface area contributed by atoms with Crippen LogP contribution in [0.4, 0.5) is 0 Å². The Kier molecular flexibility index (Phi) is 6.05. The molecule has 0 saturated heterocycles. The van der Waals surface area contributed by atoms with Gasteiger partial charge in [0.15, 0.2) is 0 Å². The van der Waals surface area contributed by atoms with Crippen molar-refractivity contribution in [2.75, 3.05) is 20.3 Å². The number of halogens is 1. The van der Waals surface area contributed by atoms with Gasteiger partial charge in [0.05, 0.1) is 6.61 Å². The minimum absolute atomic E-state index is 0.675. The highest BCUT2D eigenvalue weighted by Gasteiger charge is 2.06. The highest BCUT2D eigenvalue weighted by atomic mass is 35.5. The largest absolute Gasteiger partial charge is 0.457 e. The molecule has 0 aliphatic heterocycles. The molecule has 0 aliphatic carbocycles. The number of hydrogen-bond donors (Lipinski definition) is 1. The molecule has 2 aromatic carbocycles. The first-order chi connectivity index (χ1) is 10.2. The fourth-order valence-electron chi connectivity index (χ4n) is 1.99. The van der Waals surface area contributed by atoms with Crippen molar-refractivity contribution >= 4 is 11.6 Å². The molecule has 0 aromatic heterocycles. The first-order valence-corrected chi connectivity index (χ1v) is 7.29. The molecule has 112 valence electrons. The lowest BCUT2D eigenvalue weighted by Crippen LogP contribution is -2.18. The van der Waals surface area contributed by atoms with Crippen molar-refractivity contribution in [3.8, 4) is 11.5 Å². The molecule has 0 bridgehead atoms. The highest BCUT2D eigenvalue weighted by Crippen LogP contribution is 2.28. The Morgan fingerprint density at radius 3 is 2.76 bits per heavy atom. The van der Waals surface area contributed by atoms with Crippen molar-refractivity contribution < 1.29 is 9.47 Å². The maximum atomic E-state index is 6.08. The Hall–Kier alpha value is -1.55. The quantitative estimate of drug-likeness (QED) is 0.779. The van der Waals surface area contributed by atoms with Gasteiger partial charge < -0.3 is 14.8 Å². The molecule has 1 N–H and O–H groups in total. The van der Waals surface area contributed by atoms with E-state index >= 15 is 0 Å². The van der Waals surface area contributed by atoms with Gasteiger partial charge in [0.2, 0.25) is 0 Å². The van der Waals surface area contributed by atoms with E-state index in [-0.39, 0.29) is 0 Å².